The number of ether oxygens (including phenoxy) is 1. The van der Waals surface area contributed by atoms with Gasteiger partial charge in [0.2, 0.25) is 0 Å². The van der Waals surface area contributed by atoms with Crippen molar-refractivity contribution >= 4 is 17.7 Å². The summed E-state index contributed by atoms with van der Waals surface area (Å²) in [5.74, 6) is -1.63. The SMILES string of the molecule is CCOC(=O)c1c(C)[nH]c(C(=O)C(=O)N2CCCCCC2)c1-c1ccc(C)cc1. The smallest absolute Gasteiger partial charge is 0.340 e. The summed E-state index contributed by atoms with van der Waals surface area (Å²) in [5.41, 5.74) is 3.19. The molecule has 1 saturated heterocycles. The number of nitrogens with zero attached hydrogens (tertiary/aromatic N) is 1. The molecule has 0 saturated carbocycles. The fourth-order valence-electron chi connectivity index (χ4n) is 3.79. The molecule has 1 N–H and O–H groups in total. The lowest BCUT2D eigenvalue weighted by molar-refractivity contribution is -0.126. The molecule has 1 aromatic carbocycles. The predicted octanol–water partition coefficient (Wildman–Crippen LogP) is 4.06. The summed E-state index contributed by atoms with van der Waals surface area (Å²) in [6, 6.07) is 7.54. The van der Waals surface area contributed by atoms with E-state index in [0.29, 0.717) is 35.5 Å². The number of H-pyrrole nitrogens is 1. The summed E-state index contributed by atoms with van der Waals surface area (Å²) in [5, 5.41) is 0. The molecule has 0 aliphatic carbocycles. The van der Waals surface area contributed by atoms with Crippen LogP contribution in [0.5, 0.6) is 0 Å². The maximum atomic E-state index is 13.2. The van der Waals surface area contributed by atoms with Gasteiger partial charge in [0.1, 0.15) is 5.69 Å². The second kappa shape index (κ2) is 9.07. The first-order valence-electron chi connectivity index (χ1n) is 10.2. The number of hydrogen-bond acceptors (Lipinski definition) is 4. The van der Waals surface area contributed by atoms with Crippen LogP contribution in [0.3, 0.4) is 0 Å². The number of likely N-dealkylation sites (tertiary alicyclic amines) is 1. The number of aryl methyl sites for hydroxylation is 2. The van der Waals surface area contributed by atoms with Gasteiger partial charge in [-0.1, -0.05) is 42.7 Å². The van der Waals surface area contributed by atoms with E-state index in [4.69, 9.17) is 4.74 Å². The number of hydrogen-bond donors (Lipinski definition) is 1. The van der Waals surface area contributed by atoms with Crippen molar-refractivity contribution in [2.24, 2.45) is 0 Å². The van der Waals surface area contributed by atoms with Gasteiger partial charge in [0.05, 0.1) is 12.2 Å². The van der Waals surface area contributed by atoms with Crippen LogP contribution >= 0.6 is 0 Å². The Hall–Kier alpha value is -2.89. The van der Waals surface area contributed by atoms with Gasteiger partial charge in [-0.2, -0.15) is 0 Å². The molecule has 1 fully saturated rings. The average Bonchev–Trinajstić information content (AvgIpc) is 2.87. The number of ketones is 1. The number of esters is 1. The highest BCUT2D eigenvalue weighted by molar-refractivity contribution is 6.43. The molecule has 6 heteroatoms. The lowest BCUT2D eigenvalue weighted by Crippen LogP contribution is -2.37. The van der Waals surface area contributed by atoms with Crippen molar-refractivity contribution in [2.75, 3.05) is 19.7 Å². The minimum atomic E-state index is -0.610. The Balaban J connectivity index is 2.06. The third-order valence-electron chi connectivity index (χ3n) is 5.32. The van der Waals surface area contributed by atoms with Gasteiger partial charge in [0.15, 0.2) is 0 Å². The van der Waals surface area contributed by atoms with E-state index in [0.717, 1.165) is 31.2 Å². The van der Waals surface area contributed by atoms with Gasteiger partial charge in [-0.05, 0) is 39.2 Å². The second-order valence-corrected chi connectivity index (χ2v) is 7.50. The molecular formula is C23H28N2O4. The van der Waals surface area contributed by atoms with Crippen LogP contribution in [0.25, 0.3) is 11.1 Å². The van der Waals surface area contributed by atoms with Gasteiger partial charge >= 0.3 is 5.97 Å². The Bertz CT molecular complexity index is 904. The largest absolute Gasteiger partial charge is 0.462 e. The van der Waals surface area contributed by atoms with E-state index in [9.17, 15) is 14.4 Å². The van der Waals surface area contributed by atoms with E-state index in [1.165, 1.54) is 0 Å². The lowest BCUT2D eigenvalue weighted by atomic mass is 9.97. The maximum absolute atomic E-state index is 13.2. The Morgan fingerprint density at radius 1 is 1.00 bits per heavy atom. The third-order valence-corrected chi connectivity index (χ3v) is 5.32. The highest BCUT2D eigenvalue weighted by Gasteiger charge is 2.32. The highest BCUT2D eigenvalue weighted by atomic mass is 16.5. The van der Waals surface area contributed by atoms with E-state index in [1.807, 2.05) is 31.2 Å². The van der Waals surface area contributed by atoms with Crippen molar-refractivity contribution < 1.29 is 19.1 Å². The van der Waals surface area contributed by atoms with Crippen LogP contribution in [-0.2, 0) is 9.53 Å². The molecule has 3 rings (SSSR count). The standard InChI is InChI=1S/C23H28N2O4/c1-4-29-23(28)18-16(3)24-20(19(18)17-11-9-15(2)10-12-17)21(26)22(27)25-13-7-5-6-8-14-25/h9-12,24H,4-8,13-14H2,1-3H3. The normalized spacial score (nSPS) is 14.4. The van der Waals surface area contributed by atoms with Crippen molar-refractivity contribution in [3.8, 4) is 11.1 Å². The Kier molecular flexibility index (Phi) is 6.52. The van der Waals surface area contributed by atoms with Crippen LogP contribution in [0.2, 0.25) is 0 Å². The van der Waals surface area contributed by atoms with Crippen molar-refractivity contribution in [1.82, 2.24) is 9.88 Å². The van der Waals surface area contributed by atoms with Crippen LogP contribution < -0.4 is 0 Å². The first-order chi connectivity index (χ1) is 13.9. The first-order valence-corrected chi connectivity index (χ1v) is 10.2. The summed E-state index contributed by atoms with van der Waals surface area (Å²) in [6.07, 6.45) is 3.95. The number of aromatic amines is 1. The molecule has 29 heavy (non-hydrogen) atoms. The lowest BCUT2D eigenvalue weighted by Gasteiger charge is -2.19. The first kappa shape index (κ1) is 20.8. The second-order valence-electron chi connectivity index (χ2n) is 7.50. The number of carbonyl (C=O) groups is 3. The zero-order valence-electron chi connectivity index (χ0n) is 17.3. The summed E-state index contributed by atoms with van der Waals surface area (Å²) in [6.45, 7) is 6.83. The molecule has 0 atom stereocenters. The molecule has 1 aliphatic heterocycles. The molecule has 1 amide bonds. The highest BCUT2D eigenvalue weighted by Crippen LogP contribution is 2.32. The molecule has 6 nitrogen and oxygen atoms in total. The van der Waals surface area contributed by atoms with Crippen LogP contribution in [0.15, 0.2) is 24.3 Å². The Morgan fingerprint density at radius 2 is 1.62 bits per heavy atom. The molecule has 0 unspecified atom stereocenters. The number of nitrogens with one attached hydrogen (secondary N) is 1. The zero-order chi connectivity index (χ0) is 21.0. The predicted molar refractivity (Wildman–Crippen MR) is 111 cm³/mol. The van der Waals surface area contributed by atoms with E-state index in [1.54, 1.807) is 18.7 Å². The van der Waals surface area contributed by atoms with Gasteiger partial charge < -0.3 is 14.6 Å². The van der Waals surface area contributed by atoms with Gasteiger partial charge in [-0.15, -0.1) is 0 Å². The van der Waals surface area contributed by atoms with Crippen LogP contribution in [0.1, 0.15) is 64.7 Å². The summed E-state index contributed by atoms with van der Waals surface area (Å²) < 4.78 is 5.22. The Labute approximate surface area is 171 Å². The molecule has 0 radical (unpaired) electrons. The summed E-state index contributed by atoms with van der Waals surface area (Å²) in [4.78, 5) is 43.4. The maximum Gasteiger partial charge on any atom is 0.340 e. The van der Waals surface area contributed by atoms with Crippen molar-refractivity contribution in [3.05, 3.63) is 46.8 Å². The molecule has 0 bridgehead atoms. The van der Waals surface area contributed by atoms with Gasteiger partial charge in [-0.25, -0.2) is 4.79 Å². The quantitative estimate of drug-likeness (QED) is 0.470. The van der Waals surface area contributed by atoms with Crippen molar-refractivity contribution in [2.45, 2.75) is 46.5 Å². The monoisotopic (exact) mass is 396 g/mol. The molecule has 2 heterocycles. The van der Waals surface area contributed by atoms with E-state index >= 15 is 0 Å². The van der Waals surface area contributed by atoms with Crippen LogP contribution in [0, 0.1) is 13.8 Å². The summed E-state index contributed by atoms with van der Waals surface area (Å²) >= 11 is 0. The molecule has 2 aromatic rings. The molecule has 1 aliphatic rings. The number of amides is 1. The number of aromatic nitrogens is 1. The molecule has 1 aromatic heterocycles. The number of carbonyl (C=O) groups excluding carboxylic acids is 3. The average molecular weight is 396 g/mol. The zero-order valence-corrected chi connectivity index (χ0v) is 17.3. The molecule has 154 valence electrons. The van der Waals surface area contributed by atoms with E-state index in [-0.39, 0.29) is 12.3 Å². The summed E-state index contributed by atoms with van der Waals surface area (Å²) in [7, 11) is 0. The van der Waals surface area contributed by atoms with Crippen molar-refractivity contribution in [1.29, 1.82) is 0 Å². The van der Waals surface area contributed by atoms with E-state index in [2.05, 4.69) is 4.98 Å². The fraction of sp³-hybridized carbons (Fsp3) is 0.435. The minimum Gasteiger partial charge on any atom is -0.462 e. The van der Waals surface area contributed by atoms with Crippen LogP contribution in [0.4, 0.5) is 0 Å². The number of benzene rings is 1. The number of rotatable bonds is 5. The van der Waals surface area contributed by atoms with Crippen molar-refractivity contribution in [3.63, 3.8) is 0 Å². The fourth-order valence-corrected chi connectivity index (χ4v) is 3.79. The molecule has 0 spiro atoms. The Morgan fingerprint density at radius 3 is 2.21 bits per heavy atom. The van der Waals surface area contributed by atoms with Crippen LogP contribution in [-0.4, -0.2) is 47.2 Å². The topological polar surface area (TPSA) is 79.5 Å². The minimum absolute atomic E-state index is 0.156. The van der Waals surface area contributed by atoms with E-state index < -0.39 is 17.7 Å². The number of Topliss-reactive ketones (excluding diaryl/α,β-unsaturated/α-hetero) is 1. The van der Waals surface area contributed by atoms with Gasteiger partial charge in [-0.3, -0.25) is 9.59 Å². The molecular weight excluding hydrogens is 368 g/mol. The third kappa shape index (κ3) is 4.42. The van der Waals surface area contributed by atoms with Gasteiger partial charge in [0, 0.05) is 24.3 Å². The van der Waals surface area contributed by atoms with Gasteiger partial charge in [0.25, 0.3) is 11.7 Å².